The molecule has 5 nitrogen and oxygen atoms in total. The molecule has 0 saturated carbocycles. The monoisotopic (exact) mass is 220 g/mol. The zero-order valence-electron chi connectivity index (χ0n) is 8.84. The van der Waals surface area contributed by atoms with Crippen LogP contribution in [-0.2, 0) is 6.61 Å². The van der Waals surface area contributed by atoms with Crippen molar-refractivity contribution in [3.63, 3.8) is 0 Å². The van der Waals surface area contributed by atoms with Gasteiger partial charge < -0.3 is 19.7 Å². The molecule has 0 radical (unpaired) electrons. The van der Waals surface area contributed by atoms with Crippen LogP contribution in [0, 0.1) is 0 Å². The number of anilines is 1. The summed E-state index contributed by atoms with van der Waals surface area (Å²) in [7, 11) is 1.61. The topological polar surface area (TPSA) is 70.5 Å². The molecule has 0 aliphatic carbocycles. The summed E-state index contributed by atoms with van der Waals surface area (Å²) in [5.74, 6) is 2.38. The molecule has 2 N–H and O–H groups in total. The van der Waals surface area contributed by atoms with Crippen LogP contribution in [0.15, 0.2) is 34.9 Å². The van der Waals surface area contributed by atoms with Gasteiger partial charge in [0.2, 0.25) is 0 Å². The minimum Gasteiger partial charge on any atom is -0.497 e. The van der Waals surface area contributed by atoms with Gasteiger partial charge in [0.15, 0.2) is 11.6 Å². The maximum Gasteiger partial charge on any atom is 0.176 e. The Balaban J connectivity index is 1.99. The van der Waals surface area contributed by atoms with Crippen LogP contribution in [0.3, 0.4) is 0 Å². The van der Waals surface area contributed by atoms with Crippen LogP contribution in [0.1, 0.15) is 5.76 Å². The first-order valence-electron chi connectivity index (χ1n) is 4.76. The Kier molecular flexibility index (Phi) is 2.95. The zero-order chi connectivity index (χ0) is 11.4. The minimum atomic E-state index is 0.289. The van der Waals surface area contributed by atoms with E-state index in [9.17, 15) is 0 Å². The van der Waals surface area contributed by atoms with Crippen LogP contribution < -0.4 is 15.2 Å². The summed E-state index contributed by atoms with van der Waals surface area (Å²) in [6, 6.07) is 8.95. The van der Waals surface area contributed by atoms with Gasteiger partial charge in [-0.1, -0.05) is 11.2 Å². The van der Waals surface area contributed by atoms with Gasteiger partial charge in [-0.2, -0.15) is 0 Å². The molecule has 0 aliphatic rings. The number of hydrogen-bond acceptors (Lipinski definition) is 5. The standard InChI is InChI=1S/C11H12N2O3/c1-14-8-3-2-4-9(5-8)15-7-10-6-11(12)13-16-10/h2-6H,7H2,1H3,(H2,12,13). The van der Waals surface area contributed by atoms with E-state index in [1.165, 1.54) is 0 Å². The molecule has 5 heteroatoms. The van der Waals surface area contributed by atoms with Crippen molar-refractivity contribution < 1.29 is 14.0 Å². The van der Waals surface area contributed by atoms with E-state index in [0.29, 0.717) is 17.3 Å². The second-order valence-corrected chi connectivity index (χ2v) is 3.19. The molecule has 0 aliphatic heterocycles. The average molecular weight is 220 g/mol. The summed E-state index contributed by atoms with van der Waals surface area (Å²) in [6.07, 6.45) is 0. The number of rotatable bonds is 4. The van der Waals surface area contributed by atoms with Crippen molar-refractivity contribution in [2.24, 2.45) is 0 Å². The van der Waals surface area contributed by atoms with Crippen LogP contribution in [0.2, 0.25) is 0 Å². The molecule has 0 spiro atoms. The molecule has 1 heterocycles. The van der Waals surface area contributed by atoms with Crippen LogP contribution >= 0.6 is 0 Å². The van der Waals surface area contributed by atoms with Gasteiger partial charge in [0.25, 0.3) is 0 Å². The molecule has 0 atom stereocenters. The molecule has 1 aromatic carbocycles. The minimum absolute atomic E-state index is 0.289. The van der Waals surface area contributed by atoms with E-state index >= 15 is 0 Å². The number of aromatic nitrogens is 1. The molecular weight excluding hydrogens is 208 g/mol. The number of nitrogen functional groups attached to an aromatic ring is 1. The highest BCUT2D eigenvalue weighted by atomic mass is 16.5. The third kappa shape index (κ3) is 2.44. The maximum absolute atomic E-state index is 5.48. The summed E-state index contributed by atoms with van der Waals surface area (Å²) in [5, 5.41) is 3.56. The number of methoxy groups -OCH3 is 1. The zero-order valence-corrected chi connectivity index (χ0v) is 8.84. The molecule has 0 bridgehead atoms. The van der Waals surface area contributed by atoms with Gasteiger partial charge in [0.05, 0.1) is 7.11 Å². The molecule has 0 fully saturated rings. The van der Waals surface area contributed by atoms with E-state index in [4.69, 9.17) is 19.7 Å². The van der Waals surface area contributed by atoms with E-state index in [0.717, 1.165) is 5.75 Å². The Morgan fingerprint density at radius 2 is 2.12 bits per heavy atom. The third-order valence-electron chi connectivity index (χ3n) is 2.00. The maximum atomic E-state index is 5.48. The fourth-order valence-corrected chi connectivity index (χ4v) is 1.24. The molecule has 16 heavy (non-hydrogen) atoms. The van der Waals surface area contributed by atoms with Crippen LogP contribution in [0.5, 0.6) is 11.5 Å². The molecular formula is C11H12N2O3. The van der Waals surface area contributed by atoms with E-state index < -0.39 is 0 Å². The highest BCUT2D eigenvalue weighted by Gasteiger charge is 2.02. The summed E-state index contributed by atoms with van der Waals surface area (Å²) < 4.78 is 15.5. The van der Waals surface area contributed by atoms with Crippen molar-refractivity contribution >= 4 is 5.82 Å². The van der Waals surface area contributed by atoms with Crippen molar-refractivity contribution in [1.82, 2.24) is 5.16 Å². The Hall–Kier alpha value is -2.17. The molecule has 0 saturated heterocycles. The summed E-state index contributed by atoms with van der Waals surface area (Å²) in [6.45, 7) is 0.289. The van der Waals surface area contributed by atoms with Crippen molar-refractivity contribution in [2.75, 3.05) is 12.8 Å². The number of hydrogen-bond donors (Lipinski definition) is 1. The number of ether oxygens (including phenoxy) is 2. The summed E-state index contributed by atoms with van der Waals surface area (Å²) >= 11 is 0. The van der Waals surface area contributed by atoms with E-state index in [-0.39, 0.29) is 6.61 Å². The second-order valence-electron chi connectivity index (χ2n) is 3.19. The van der Waals surface area contributed by atoms with E-state index in [1.807, 2.05) is 18.2 Å². The highest BCUT2D eigenvalue weighted by Crippen LogP contribution is 2.20. The Labute approximate surface area is 92.8 Å². The number of benzene rings is 1. The largest absolute Gasteiger partial charge is 0.497 e. The molecule has 2 aromatic rings. The highest BCUT2D eigenvalue weighted by molar-refractivity contribution is 5.33. The van der Waals surface area contributed by atoms with Crippen molar-refractivity contribution in [2.45, 2.75) is 6.61 Å². The SMILES string of the molecule is COc1cccc(OCc2cc(N)no2)c1. The van der Waals surface area contributed by atoms with Gasteiger partial charge in [0, 0.05) is 12.1 Å². The first kappa shape index (κ1) is 10.4. The van der Waals surface area contributed by atoms with Gasteiger partial charge in [-0.25, -0.2) is 0 Å². The van der Waals surface area contributed by atoms with E-state index in [1.54, 1.807) is 19.2 Å². The van der Waals surface area contributed by atoms with Gasteiger partial charge in [0.1, 0.15) is 18.1 Å². The molecule has 84 valence electrons. The lowest BCUT2D eigenvalue weighted by atomic mass is 10.3. The van der Waals surface area contributed by atoms with Gasteiger partial charge in [-0.3, -0.25) is 0 Å². The Bertz CT molecular complexity index is 468. The fraction of sp³-hybridized carbons (Fsp3) is 0.182. The second kappa shape index (κ2) is 4.57. The Morgan fingerprint density at radius 3 is 2.81 bits per heavy atom. The summed E-state index contributed by atoms with van der Waals surface area (Å²) in [4.78, 5) is 0. The lowest BCUT2D eigenvalue weighted by molar-refractivity contribution is 0.248. The van der Waals surface area contributed by atoms with Crippen LogP contribution in [0.25, 0.3) is 0 Å². The Morgan fingerprint density at radius 1 is 1.31 bits per heavy atom. The normalized spacial score (nSPS) is 10.1. The first-order valence-corrected chi connectivity index (χ1v) is 4.76. The number of nitrogens with zero attached hydrogens (tertiary/aromatic N) is 1. The number of nitrogens with two attached hydrogens (primary N) is 1. The molecule has 2 rings (SSSR count). The van der Waals surface area contributed by atoms with Gasteiger partial charge in [-0.15, -0.1) is 0 Å². The quantitative estimate of drug-likeness (QED) is 0.851. The molecule has 0 amide bonds. The smallest absolute Gasteiger partial charge is 0.176 e. The average Bonchev–Trinajstić information content (AvgIpc) is 2.73. The van der Waals surface area contributed by atoms with Crippen LogP contribution in [0.4, 0.5) is 5.82 Å². The predicted octanol–water partition coefficient (Wildman–Crippen LogP) is 1.84. The summed E-state index contributed by atoms with van der Waals surface area (Å²) in [5.41, 5.74) is 5.41. The van der Waals surface area contributed by atoms with Crippen molar-refractivity contribution in [3.05, 3.63) is 36.1 Å². The fourth-order valence-electron chi connectivity index (χ4n) is 1.24. The molecule has 0 unspecified atom stereocenters. The van der Waals surface area contributed by atoms with E-state index in [2.05, 4.69) is 5.16 Å². The lowest BCUT2D eigenvalue weighted by Crippen LogP contribution is -1.94. The molecule has 1 aromatic heterocycles. The van der Waals surface area contributed by atoms with Gasteiger partial charge >= 0.3 is 0 Å². The first-order chi connectivity index (χ1) is 7.78. The van der Waals surface area contributed by atoms with Crippen molar-refractivity contribution in [1.29, 1.82) is 0 Å². The van der Waals surface area contributed by atoms with Crippen LogP contribution in [-0.4, -0.2) is 12.3 Å². The third-order valence-corrected chi connectivity index (χ3v) is 2.00. The lowest BCUT2D eigenvalue weighted by Gasteiger charge is -2.05. The van der Waals surface area contributed by atoms with Gasteiger partial charge in [-0.05, 0) is 12.1 Å². The van der Waals surface area contributed by atoms with Crippen molar-refractivity contribution in [3.8, 4) is 11.5 Å². The predicted molar refractivity (Wildman–Crippen MR) is 58.2 cm³/mol.